The molecule has 3 rings (SSSR count). The Kier molecular flexibility index (Phi) is 4.88. The SMILES string of the molecule is CC(C)(C)C(=O)N1CCC(C(=O)NCc2ccc3c(c2)OCO3)CC1. The number of carbonyl (C=O) groups is 2. The Morgan fingerprint density at radius 1 is 1.16 bits per heavy atom. The number of benzene rings is 1. The lowest BCUT2D eigenvalue weighted by Crippen LogP contribution is -2.46. The van der Waals surface area contributed by atoms with Crippen molar-refractivity contribution in [3.8, 4) is 11.5 Å². The maximum atomic E-state index is 12.4. The van der Waals surface area contributed by atoms with Crippen molar-refractivity contribution in [2.45, 2.75) is 40.2 Å². The minimum Gasteiger partial charge on any atom is -0.454 e. The predicted octanol–water partition coefficient (Wildman–Crippen LogP) is 2.32. The zero-order valence-corrected chi connectivity index (χ0v) is 15.1. The molecule has 0 spiro atoms. The normalized spacial score (nSPS) is 17.5. The van der Waals surface area contributed by atoms with E-state index in [1.54, 1.807) is 0 Å². The number of carbonyl (C=O) groups excluding carboxylic acids is 2. The summed E-state index contributed by atoms with van der Waals surface area (Å²) in [5, 5.41) is 3.00. The third-order valence-electron chi connectivity index (χ3n) is 4.70. The van der Waals surface area contributed by atoms with E-state index in [0.29, 0.717) is 19.6 Å². The van der Waals surface area contributed by atoms with Gasteiger partial charge in [0.05, 0.1) is 0 Å². The van der Waals surface area contributed by atoms with E-state index in [9.17, 15) is 9.59 Å². The van der Waals surface area contributed by atoms with E-state index < -0.39 is 0 Å². The second-order valence-corrected chi connectivity index (χ2v) is 7.72. The Hall–Kier alpha value is -2.24. The van der Waals surface area contributed by atoms with E-state index in [1.165, 1.54) is 0 Å². The molecule has 1 fully saturated rings. The van der Waals surface area contributed by atoms with Gasteiger partial charge in [-0.25, -0.2) is 0 Å². The van der Waals surface area contributed by atoms with Crippen LogP contribution in [0.5, 0.6) is 11.5 Å². The van der Waals surface area contributed by atoms with Crippen LogP contribution in [-0.2, 0) is 16.1 Å². The van der Waals surface area contributed by atoms with Crippen LogP contribution in [0.2, 0.25) is 0 Å². The molecule has 0 aromatic heterocycles. The van der Waals surface area contributed by atoms with Gasteiger partial charge in [-0.2, -0.15) is 0 Å². The van der Waals surface area contributed by atoms with Crippen LogP contribution in [0.15, 0.2) is 18.2 Å². The Morgan fingerprint density at radius 2 is 1.84 bits per heavy atom. The number of piperidine rings is 1. The molecule has 0 bridgehead atoms. The Balaban J connectivity index is 1.48. The van der Waals surface area contributed by atoms with Crippen molar-refractivity contribution in [2.24, 2.45) is 11.3 Å². The van der Waals surface area contributed by atoms with E-state index in [4.69, 9.17) is 9.47 Å². The summed E-state index contributed by atoms with van der Waals surface area (Å²) in [6.45, 7) is 7.81. The average molecular weight is 346 g/mol. The van der Waals surface area contributed by atoms with Crippen molar-refractivity contribution < 1.29 is 19.1 Å². The molecule has 0 saturated carbocycles. The Bertz CT molecular complexity index is 658. The van der Waals surface area contributed by atoms with E-state index in [1.807, 2.05) is 43.9 Å². The summed E-state index contributed by atoms with van der Waals surface area (Å²) in [4.78, 5) is 26.6. The number of hydrogen-bond acceptors (Lipinski definition) is 4. The van der Waals surface area contributed by atoms with Crippen LogP contribution in [0.1, 0.15) is 39.2 Å². The van der Waals surface area contributed by atoms with Crippen molar-refractivity contribution in [1.82, 2.24) is 10.2 Å². The van der Waals surface area contributed by atoms with Crippen molar-refractivity contribution in [2.75, 3.05) is 19.9 Å². The summed E-state index contributed by atoms with van der Waals surface area (Å²) in [7, 11) is 0. The molecule has 1 aromatic carbocycles. The van der Waals surface area contributed by atoms with Crippen LogP contribution in [0.25, 0.3) is 0 Å². The maximum absolute atomic E-state index is 12.4. The van der Waals surface area contributed by atoms with Gasteiger partial charge >= 0.3 is 0 Å². The molecule has 0 aliphatic carbocycles. The van der Waals surface area contributed by atoms with Gasteiger partial charge in [-0.15, -0.1) is 0 Å². The van der Waals surface area contributed by atoms with Gasteiger partial charge in [0.2, 0.25) is 18.6 Å². The highest BCUT2D eigenvalue weighted by atomic mass is 16.7. The monoisotopic (exact) mass is 346 g/mol. The smallest absolute Gasteiger partial charge is 0.231 e. The van der Waals surface area contributed by atoms with Crippen molar-refractivity contribution >= 4 is 11.8 Å². The molecule has 0 unspecified atom stereocenters. The third-order valence-corrected chi connectivity index (χ3v) is 4.70. The number of ether oxygens (including phenoxy) is 2. The lowest BCUT2D eigenvalue weighted by Gasteiger charge is -2.35. The van der Waals surface area contributed by atoms with Crippen LogP contribution in [0, 0.1) is 11.3 Å². The third kappa shape index (κ3) is 4.06. The number of nitrogens with one attached hydrogen (secondary N) is 1. The predicted molar refractivity (Wildman–Crippen MR) is 93.2 cm³/mol. The first-order valence-corrected chi connectivity index (χ1v) is 8.80. The van der Waals surface area contributed by atoms with E-state index in [0.717, 1.165) is 29.9 Å². The molecule has 2 amide bonds. The molecule has 1 saturated heterocycles. The largest absolute Gasteiger partial charge is 0.454 e. The molecule has 136 valence electrons. The molecule has 6 heteroatoms. The van der Waals surface area contributed by atoms with Crippen LogP contribution in [0.4, 0.5) is 0 Å². The molecule has 6 nitrogen and oxygen atoms in total. The van der Waals surface area contributed by atoms with Gasteiger partial charge in [0.1, 0.15) is 0 Å². The topological polar surface area (TPSA) is 67.9 Å². The van der Waals surface area contributed by atoms with Gasteiger partial charge in [0, 0.05) is 31.0 Å². The van der Waals surface area contributed by atoms with Crippen molar-refractivity contribution in [1.29, 1.82) is 0 Å². The molecule has 2 heterocycles. The average Bonchev–Trinajstić information content (AvgIpc) is 3.06. The quantitative estimate of drug-likeness (QED) is 0.912. The molecule has 1 aromatic rings. The van der Waals surface area contributed by atoms with E-state index in [-0.39, 0.29) is 29.9 Å². The first-order chi connectivity index (χ1) is 11.8. The molecule has 0 atom stereocenters. The van der Waals surface area contributed by atoms with Crippen molar-refractivity contribution in [3.05, 3.63) is 23.8 Å². The summed E-state index contributed by atoms with van der Waals surface area (Å²) in [5.41, 5.74) is 0.618. The second-order valence-electron chi connectivity index (χ2n) is 7.72. The van der Waals surface area contributed by atoms with Crippen LogP contribution in [0.3, 0.4) is 0 Å². The molecule has 2 aliphatic rings. The summed E-state index contributed by atoms with van der Waals surface area (Å²) in [6, 6.07) is 5.69. The molecule has 25 heavy (non-hydrogen) atoms. The number of likely N-dealkylation sites (tertiary alicyclic amines) is 1. The summed E-state index contributed by atoms with van der Waals surface area (Å²) < 4.78 is 10.6. The fraction of sp³-hybridized carbons (Fsp3) is 0.579. The molecular weight excluding hydrogens is 320 g/mol. The maximum Gasteiger partial charge on any atom is 0.231 e. The highest BCUT2D eigenvalue weighted by molar-refractivity contribution is 5.82. The van der Waals surface area contributed by atoms with Crippen molar-refractivity contribution in [3.63, 3.8) is 0 Å². The first-order valence-electron chi connectivity index (χ1n) is 8.80. The molecular formula is C19H26N2O4. The van der Waals surface area contributed by atoms with Gasteiger partial charge in [-0.1, -0.05) is 26.8 Å². The molecule has 0 radical (unpaired) electrons. The number of nitrogens with zero attached hydrogens (tertiary/aromatic N) is 1. The zero-order valence-electron chi connectivity index (χ0n) is 15.1. The molecule has 1 N–H and O–H groups in total. The van der Waals surface area contributed by atoms with Crippen LogP contribution >= 0.6 is 0 Å². The number of hydrogen-bond donors (Lipinski definition) is 1. The van der Waals surface area contributed by atoms with Gasteiger partial charge in [0.25, 0.3) is 0 Å². The standard InChI is InChI=1S/C19H26N2O4/c1-19(2,3)18(23)21-8-6-14(7-9-21)17(22)20-11-13-4-5-15-16(10-13)25-12-24-15/h4-5,10,14H,6-9,11-12H2,1-3H3,(H,20,22). The van der Waals surface area contributed by atoms with Gasteiger partial charge in [-0.05, 0) is 30.5 Å². The second kappa shape index (κ2) is 6.94. The minimum atomic E-state index is -0.367. The first kappa shape index (κ1) is 17.6. The van der Waals surface area contributed by atoms with Crippen LogP contribution < -0.4 is 14.8 Å². The highest BCUT2D eigenvalue weighted by Gasteiger charge is 2.32. The van der Waals surface area contributed by atoms with E-state index in [2.05, 4.69) is 5.32 Å². The van der Waals surface area contributed by atoms with Gasteiger partial charge in [0.15, 0.2) is 11.5 Å². The fourth-order valence-electron chi connectivity index (χ4n) is 3.20. The Labute approximate surface area is 148 Å². The lowest BCUT2D eigenvalue weighted by molar-refractivity contribution is -0.142. The highest BCUT2D eigenvalue weighted by Crippen LogP contribution is 2.32. The number of amides is 2. The van der Waals surface area contributed by atoms with Gasteiger partial charge in [-0.3, -0.25) is 9.59 Å². The van der Waals surface area contributed by atoms with E-state index >= 15 is 0 Å². The Morgan fingerprint density at radius 3 is 2.52 bits per heavy atom. The number of fused-ring (bicyclic) bond motifs is 1. The summed E-state index contributed by atoms with van der Waals surface area (Å²) in [5.74, 6) is 1.65. The number of rotatable bonds is 3. The fourth-order valence-corrected chi connectivity index (χ4v) is 3.20. The zero-order chi connectivity index (χ0) is 18.0. The summed E-state index contributed by atoms with van der Waals surface area (Å²) in [6.07, 6.45) is 1.43. The van der Waals surface area contributed by atoms with Crippen LogP contribution in [-0.4, -0.2) is 36.6 Å². The lowest BCUT2D eigenvalue weighted by atomic mass is 9.90. The summed E-state index contributed by atoms with van der Waals surface area (Å²) >= 11 is 0. The molecule has 2 aliphatic heterocycles. The minimum absolute atomic E-state index is 0.0296. The van der Waals surface area contributed by atoms with Gasteiger partial charge < -0.3 is 19.7 Å².